The zero-order chi connectivity index (χ0) is 19.8. The van der Waals surface area contributed by atoms with Crippen LogP contribution in [0.5, 0.6) is 0 Å². The Morgan fingerprint density at radius 3 is 2.82 bits per heavy atom. The van der Waals surface area contributed by atoms with Crippen LogP contribution in [0.1, 0.15) is 25.3 Å². The van der Waals surface area contributed by atoms with E-state index in [1.54, 1.807) is 18.1 Å². The highest BCUT2D eigenvalue weighted by Crippen LogP contribution is 2.12. The third-order valence-corrected chi connectivity index (χ3v) is 4.72. The van der Waals surface area contributed by atoms with Gasteiger partial charge in [-0.2, -0.15) is 5.10 Å². The van der Waals surface area contributed by atoms with E-state index in [0.717, 1.165) is 30.1 Å². The lowest BCUT2D eigenvalue weighted by atomic mass is 10.1. The molecule has 0 aliphatic carbocycles. The first kappa shape index (κ1) is 19.7. The molecule has 2 aromatic rings. The summed E-state index contributed by atoms with van der Waals surface area (Å²) in [7, 11) is 1.77. The fraction of sp³-hybridized carbons (Fsp3) is 0.450. The number of hydrogen-bond acceptors (Lipinski definition) is 4. The summed E-state index contributed by atoms with van der Waals surface area (Å²) in [5.74, 6) is 0.763. The molecule has 0 spiro atoms. The number of carbonyl (C=O) groups excluding carboxylic acids is 1. The molecule has 3 rings (SSSR count). The number of ether oxygens (including phenoxy) is 1. The molecule has 1 aliphatic rings. The van der Waals surface area contributed by atoms with E-state index < -0.39 is 0 Å². The molecule has 28 heavy (non-hydrogen) atoms. The maximum absolute atomic E-state index is 11.8. The highest BCUT2D eigenvalue weighted by Gasteiger charge is 2.23. The van der Waals surface area contributed by atoms with E-state index in [0.29, 0.717) is 26.2 Å². The van der Waals surface area contributed by atoms with Crippen molar-refractivity contribution in [2.75, 3.05) is 26.7 Å². The fourth-order valence-electron chi connectivity index (χ4n) is 3.23. The van der Waals surface area contributed by atoms with Gasteiger partial charge in [-0.3, -0.25) is 4.99 Å². The molecule has 2 N–H and O–H groups in total. The van der Waals surface area contributed by atoms with Crippen molar-refractivity contribution >= 4 is 12.1 Å². The van der Waals surface area contributed by atoms with E-state index in [1.807, 2.05) is 36.0 Å². The molecule has 0 unspecified atom stereocenters. The molecule has 1 aromatic carbocycles. The van der Waals surface area contributed by atoms with E-state index in [2.05, 4.69) is 32.9 Å². The van der Waals surface area contributed by atoms with E-state index >= 15 is 0 Å². The summed E-state index contributed by atoms with van der Waals surface area (Å²) in [5.41, 5.74) is 2.17. The van der Waals surface area contributed by atoms with Crippen LogP contribution in [0.2, 0.25) is 0 Å². The molecule has 1 aromatic heterocycles. The smallest absolute Gasteiger partial charge is 0.409 e. The second kappa shape index (κ2) is 9.77. The first-order chi connectivity index (χ1) is 13.7. The van der Waals surface area contributed by atoms with Gasteiger partial charge in [0.15, 0.2) is 5.96 Å². The fourth-order valence-corrected chi connectivity index (χ4v) is 3.23. The lowest BCUT2D eigenvalue weighted by Gasteiger charge is -2.32. The molecule has 0 bridgehead atoms. The Bertz CT molecular complexity index is 782. The number of aromatic nitrogens is 2. The molecule has 1 saturated heterocycles. The van der Waals surface area contributed by atoms with E-state index in [9.17, 15) is 4.79 Å². The van der Waals surface area contributed by atoms with Gasteiger partial charge in [0.25, 0.3) is 0 Å². The maximum Gasteiger partial charge on any atom is 0.409 e. The molecule has 8 heteroatoms. The molecule has 1 amide bonds. The third-order valence-electron chi connectivity index (χ3n) is 4.72. The highest BCUT2D eigenvalue weighted by atomic mass is 16.6. The van der Waals surface area contributed by atoms with Crippen molar-refractivity contribution in [3.05, 3.63) is 48.3 Å². The number of likely N-dealkylation sites (tertiary alicyclic amines) is 1. The van der Waals surface area contributed by atoms with Crippen LogP contribution < -0.4 is 10.6 Å². The Labute approximate surface area is 165 Å². The SMILES string of the molecule is CCOC(=O)N1CCC(NC(=NC)NCc2cccc(-n3cccn3)c2)CC1. The predicted octanol–water partition coefficient (Wildman–Crippen LogP) is 2.16. The minimum absolute atomic E-state index is 0.222. The molecule has 2 heterocycles. The number of nitrogens with zero attached hydrogens (tertiary/aromatic N) is 4. The first-order valence-electron chi connectivity index (χ1n) is 9.67. The predicted molar refractivity (Wildman–Crippen MR) is 109 cm³/mol. The third kappa shape index (κ3) is 5.25. The molecule has 8 nitrogen and oxygen atoms in total. The number of hydrogen-bond donors (Lipinski definition) is 2. The van der Waals surface area contributed by atoms with Crippen molar-refractivity contribution in [2.24, 2.45) is 4.99 Å². The lowest BCUT2D eigenvalue weighted by molar-refractivity contribution is 0.0963. The van der Waals surface area contributed by atoms with Gasteiger partial charge in [0, 0.05) is 45.1 Å². The standard InChI is InChI=1S/C20H28N6O2/c1-3-28-20(27)25-12-8-17(9-13-25)24-19(21-2)22-15-16-6-4-7-18(14-16)26-11-5-10-23-26/h4-7,10-11,14,17H,3,8-9,12-13,15H2,1-2H3,(H2,21,22,24). The normalized spacial score (nSPS) is 15.4. The maximum atomic E-state index is 11.8. The summed E-state index contributed by atoms with van der Waals surface area (Å²) in [6.07, 6.45) is 5.21. The van der Waals surface area contributed by atoms with Crippen molar-refractivity contribution in [2.45, 2.75) is 32.4 Å². The van der Waals surface area contributed by atoms with Crippen molar-refractivity contribution in [1.29, 1.82) is 0 Å². The monoisotopic (exact) mass is 384 g/mol. The quantitative estimate of drug-likeness (QED) is 0.610. The Morgan fingerprint density at radius 1 is 1.32 bits per heavy atom. The summed E-state index contributed by atoms with van der Waals surface area (Å²) in [4.78, 5) is 17.9. The van der Waals surface area contributed by atoms with Crippen molar-refractivity contribution < 1.29 is 9.53 Å². The minimum Gasteiger partial charge on any atom is -0.450 e. The highest BCUT2D eigenvalue weighted by molar-refractivity contribution is 5.80. The van der Waals surface area contributed by atoms with Gasteiger partial charge in [-0.15, -0.1) is 0 Å². The van der Waals surface area contributed by atoms with E-state index in [-0.39, 0.29) is 12.1 Å². The summed E-state index contributed by atoms with van der Waals surface area (Å²) in [6, 6.07) is 10.4. The lowest BCUT2D eigenvalue weighted by Crippen LogP contribution is -2.49. The molecule has 0 radical (unpaired) electrons. The molecule has 1 fully saturated rings. The zero-order valence-electron chi connectivity index (χ0n) is 16.5. The second-order valence-corrected chi connectivity index (χ2v) is 6.65. The van der Waals surface area contributed by atoms with Crippen LogP contribution in [-0.2, 0) is 11.3 Å². The van der Waals surface area contributed by atoms with Gasteiger partial charge in [-0.25, -0.2) is 9.48 Å². The van der Waals surface area contributed by atoms with Crippen molar-refractivity contribution in [3.63, 3.8) is 0 Å². The van der Waals surface area contributed by atoms with Crippen LogP contribution in [0, 0.1) is 0 Å². The molecule has 1 aliphatic heterocycles. The van der Waals surface area contributed by atoms with Crippen LogP contribution in [-0.4, -0.2) is 59.5 Å². The Hall–Kier alpha value is -3.03. The van der Waals surface area contributed by atoms with Gasteiger partial charge in [0.05, 0.1) is 12.3 Å². The van der Waals surface area contributed by atoms with Gasteiger partial charge in [0.1, 0.15) is 0 Å². The average Bonchev–Trinajstić information content (AvgIpc) is 3.27. The molecular weight excluding hydrogens is 356 g/mol. The first-order valence-corrected chi connectivity index (χ1v) is 9.67. The second-order valence-electron chi connectivity index (χ2n) is 6.65. The van der Waals surface area contributed by atoms with Crippen LogP contribution >= 0.6 is 0 Å². The van der Waals surface area contributed by atoms with Crippen molar-refractivity contribution in [1.82, 2.24) is 25.3 Å². The summed E-state index contributed by atoms with van der Waals surface area (Å²) >= 11 is 0. The molecular formula is C20H28N6O2. The number of rotatable bonds is 5. The van der Waals surface area contributed by atoms with Gasteiger partial charge < -0.3 is 20.3 Å². The number of guanidine groups is 1. The molecule has 0 atom stereocenters. The van der Waals surface area contributed by atoms with Gasteiger partial charge in [0.2, 0.25) is 0 Å². The van der Waals surface area contributed by atoms with Crippen LogP contribution in [0.3, 0.4) is 0 Å². The van der Waals surface area contributed by atoms with E-state index in [4.69, 9.17) is 4.74 Å². The Balaban J connectivity index is 1.48. The van der Waals surface area contributed by atoms with Gasteiger partial charge in [-0.05, 0) is 43.5 Å². The minimum atomic E-state index is -0.222. The Kier molecular flexibility index (Phi) is 6.89. The summed E-state index contributed by atoms with van der Waals surface area (Å²) in [6.45, 7) is 4.29. The Morgan fingerprint density at radius 2 is 2.14 bits per heavy atom. The van der Waals surface area contributed by atoms with E-state index in [1.165, 1.54) is 0 Å². The number of piperidine rings is 1. The number of benzene rings is 1. The average molecular weight is 384 g/mol. The van der Waals surface area contributed by atoms with Gasteiger partial charge >= 0.3 is 6.09 Å². The number of nitrogens with one attached hydrogen (secondary N) is 2. The largest absolute Gasteiger partial charge is 0.450 e. The van der Waals surface area contributed by atoms with Crippen molar-refractivity contribution in [3.8, 4) is 5.69 Å². The van der Waals surface area contributed by atoms with Crippen LogP contribution in [0.25, 0.3) is 5.69 Å². The number of carbonyl (C=O) groups is 1. The summed E-state index contributed by atoms with van der Waals surface area (Å²) in [5, 5.41) is 11.1. The number of aliphatic imine (C=N–C) groups is 1. The summed E-state index contributed by atoms with van der Waals surface area (Å²) < 4.78 is 6.91. The molecule has 150 valence electrons. The van der Waals surface area contributed by atoms with Crippen LogP contribution in [0.15, 0.2) is 47.7 Å². The zero-order valence-corrected chi connectivity index (χ0v) is 16.5. The van der Waals surface area contributed by atoms with Crippen LogP contribution in [0.4, 0.5) is 4.79 Å². The topological polar surface area (TPSA) is 83.8 Å². The molecule has 0 saturated carbocycles. The van der Waals surface area contributed by atoms with Gasteiger partial charge in [-0.1, -0.05) is 12.1 Å². The number of amides is 1.